The lowest BCUT2D eigenvalue weighted by atomic mass is 9.97. The van der Waals surface area contributed by atoms with E-state index in [1.165, 1.54) is 27.8 Å². The predicted octanol–water partition coefficient (Wildman–Crippen LogP) is 4.21. The lowest BCUT2D eigenvalue weighted by molar-refractivity contribution is -0.120. The number of carbonyl (C=O) groups excluding carboxylic acids is 1. The zero-order chi connectivity index (χ0) is 22.0. The second-order valence-corrected chi connectivity index (χ2v) is 10.8. The molecule has 2 heterocycles. The van der Waals surface area contributed by atoms with Gasteiger partial charge in [0.2, 0.25) is 21.1 Å². The quantitative estimate of drug-likeness (QED) is 0.595. The number of sulfonamides is 1. The first-order valence-corrected chi connectivity index (χ1v) is 12.4. The van der Waals surface area contributed by atoms with E-state index in [0.29, 0.717) is 23.0 Å². The van der Waals surface area contributed by atoms with Crippen LogP contribution in [-0.2, 0) is 14.8 Å². The van der Waals surface area contributed by atoms with Gasteiger partial charge in [-0.2, -0.15) is 4.31 Å². The maximum absolute atomic E-state index is 12.8. The van der Waals surface area contributed by atoms with Gasteiger partial charge in [0.25, 0.3) is 0 Å². The number of hydrogen-bond donors (Lipinski definition) is 1. The highest BCUT2D eigenvalue weighted by molar-refractivity contribution is 7.89. The average molecular weight is 477 g/mol. The number of hydrogen-bond acceptors (Lipinski definition) is 6. The van der Waals surface area contributed by atoms with Gasteiger partial charge in [-0.05, 0) is 44.0 Å². The van der Waals surface area contributed by atoms with Crippen molar-refractivity contribution in [1.29, 1.82) is 0 Å². The van der Waals surface area contributed by atoms with Crippen molar-refractivity contribution in [3.05, 3.63) is 59.1 Å². The molecule has 0 unspecified atom stereocenters. The molecule has 0 atom stereocenters. The summed E-state index contributed by atoms with van der Waals surface area (Å²) in [6, 6.07) is 14.1. The summed E-state index contributed by atoms with van der Waals surface area (Å²) in [5.41, 5.74) is 2.11. The van der Waals surface area contributed by atoms with Crippen molar-refractivity contribution in [2.24, 2.45) is 5.92 Å². The Morgan fingerprint density at radius 1 is 1.06 bits per heavy atom. The zero-order valence-corrected chi connectivity index (χ0v) is 19.2. The molecule has 1 N–H and O–H groups in total. The molecule has 162 valence electrons. The lowest BCUT2D eigenvalue weighted by Crippen LogP contribution is -2.41. The van der Waals surface area contributed by atoms with Gasteiger partial charge < -0.3 is 5.32 Å². The molecule has 1 amide bonds. The summed E-state index contributed by atoms with van der Waals surface area (Å²) in [6.07, 6.45) is 0.893. The van der Waals surface area contributed by atoms with E-state index < -0.39 is 10.0 Å². The largest absolute Gasteiger partial charge is 0.300 e. The first-order valence-electron chi connectivity index (χ1n) is 9.80. The van der Waals surface area contributed by atoms with E-state index in [9.17, 15) is 13.2 Å². The first-order chi connectivity index (χ1) is 14.8. The maximum Gasteiger partial charge on any atom is 0.243 e. The molecule has 0 saturated carbocycles. The van der Waals surface area contributed by atoms with Gasteiger partial charge in [-0.15, -0.1) is 10.2 Å². The van der Waals surface area contributed by atoms with E-state index in [-0.39, 0.29) is 29.8 Å². The van der Waals surface area contributed by atoms with Crippen LogP contribution in [-0.4, -0.2) is 41.9 Å². The van der Waals surface area contributed by atoms with Crippen molar-refractivity contribution in [2.75, 3.05) is 18.4 Å². The average Bonchev–Trinajstić information content (AvgIpc) is 3.23. The first kappa shape index (κ1) is 21.9. The van der Waals surface area contributed by atoms with Crippen LogP contribution in [0.4, 0.5) is 5.13 Å². The van der Waals surface area contributed by atoms with E-state index in [2.05, 4.69) is 15.5 Å². The predicted molar refractivity (Wildman–Crippen MR) is 122 cm³/mol. The SMILES string of the molecule is Cc1ccc(-c2nnc(NC(=O)C3CCN(S(=O)(=O)c4ccc(Cl)cc4)CC3)s2)cc1. The third-order valence-corrected chi connectivity index (χ3v) is 8.28. The smallest absolute Gasteiger partial charge is 0.243 e. The van der Waals surface area contributed by atoms with Crippen LogP contribution in [0.3, 0.4) is 0 Å². The van der Waals surface area contributed by atoms with Gasteiger partial charge in [-0.25, -0.2) is 8.42 Å². The van der Waals surface area contributed by atoms with Crippen molar-refractivity contribution >= 4 is 44.0 Å². The fraction of sp³-hybridized carbons (Fsp3) is 0.286. The summed E-state index contributed by atoms with van der Waals surface area (Å²) in [6.45, 7) is 2.59. The van der Waals surface area contributed by atoms with Crippen LogP contribution in [0.15, 0.2) is 53.4 Å². The van der Waals surface area contributed by atoms with Gasteiger partial charge in [-0.1, -0.05) is 52.8 Å². The second-order valence-electron chi connectivity index (χ2n) is 7.40. The van der Waals surface area contributed by atoms with Gasteiger partial charge in [-0.3, -0.25) is 4.79 Å². The third-order valence-electron chi connectivity index (χ3n) is 5.23. The molecule has 1 aromatic heterocycles. The summed E-state index contributed by atoms with van der Waals surface area (Å²) in [5.74, 6) is -0.432. The Hall–Kier alpha value is -2.33. The molecule has 0 bridgehead atoms. The third kappa shape index (κ3) is 4.95. The van der Waals surface area contributed by atoms with E-state index in [1.807, 2.05) is 31.2 Å². The Bertz CT molecular complexity index is 1170. The lowest BCUT2D eigenvalue weighted by Gasteiger charge is -2.30. The number of aryl methyl sites for hydroxylation is 1. The highest BCUT2D eigenvalue weighted by Crippen LogP contribution is 2.29. The summed E-state index contributed by atoms with van der Waals surface area (Å²) >= 11 is 7.17. The number of rotatable bonds is 5. The van der Waals surface area contributed by atoms with E-state index in [0.717, 1.165) is 16.1 Å². The number of anilines is 1. The molecule has 1 aliphatic rings. The van der Waals surface area contributed by atoms with Crippen LogP contribution in [0.25, 0.3) is 10.6 Å². The van der Waals surface area contributed by atoms with Crippen LogP contribution >= 0.6 is 22.9 Å². The number of benzene rings is 2. The highest BCUT2D eigenvalue weighted by atomic mass is 35.5. The summed E-state index contributed by atoms with van der Waals surface area (Å²) in [4.78, 5) is 12.9. The normalized spacial score (nSPS) is 15.7. The minimum absolute atomic E-state index is 0.157. The topological polar surface area (TPSA) is 92.3 Å². The zero-order valence-electron chi connectivity index (χ0n) is 16.8. The molecule has 2 aromatic carbocycles. The van der Waals surface area contributed by atoms with Crippen molar-refractivity contribution in [2.45, 2.75) is 24.7 Å². The van der Waals surface area contributed by atoms with Crippen LogP contribution in [0, 0.1) is 12.8 Å². The van der Waals surface area contributed by atoms with Gasteiger partial charge in [0.1, 0.15) is 5.01 Å². The van der Waals surface area contributed by atoms with Crippen LogP contribution in [0.5, 0.6) is 0 Å². The second kappa shape index (κ2) is 9.04. The van der Waals surface area contributed by atoms with Crippen molar-refractivity contribution in [1.82, 2.24) is 14.5 Å². The van der Waals surface area contributed by atoms with E-state index >= 15 is 0 Å². The summed E-state index contributed by atoms with van der Waals surface area (Å²) < 4.78 is 27.0. The van der Waals surface area contributed by atoms with Crippen molar-refractivity contribution < 1.29 is 13.2 Å². The summed E-state index contributed by atoms with van der Waals surface area (Å²) in [5, 5.41) is 12.7. The molecule has 10 heteroatoms. The number of nitrogens with zero attached hydrogens (tertiary/aromatic N) is 3. The van der Waals surface area contributed by atoms with Gasteiger partial charge >= 0.3 is 0 Å². The van der Waals surface area contributed by atoms with E-state index in [4.69, 9.17) is 11.6 Å². The minimum Gasteiger partial charge on any atom is -0.300 e. The number of carbonyl (C=O) groups is 1. The molecule has 0 radical (unpaired) electrons. The molecule has 1 saturated heterocycles. The standard InChI is InChI=1S/C21H21ClN4O3S2/c1-14-2-4-16(5-3-14)20-24-25-21(30-20)23-19(27)15-10-12-26(13-11-15)31(28,29)18-8-6-17(22)7-9-18/h2-9,15H,10-13H2,1H3,(H,23,25,27). The Balaban J connectivity index is 1.35. The Morgan fingerprint density at radius 2 is 1.71 bits per heavy atom. The van der Waals surface area contributed by atoms with Crippen LogP contribution < -0.4 is 5.32 Å². The number of aromatic nitrogens is 2. The molecule has 1 aliphatic heterocycles. The Labute approximate surface area is 190 Å². The maximum atomic E-state index is 12.8. The minimum atomic E-state index is -3.59. The van der Waals surface area contributed by atoms with Gasteiger partial charge in [0, 0.05) is 29.6 Å². The molecule has 1 fully saturated rings. The van der Waals surface area contributed by atoms with Crippen LogP contribution in [0.1, 0.15) is 18.4 Å². The number of nitrogens with one attached hydrogen (secondary N) is 1. The molecule has 3 aromatic rings. The fourth-order valence-electron chi connectivity index (χ4n) is 3.41. The monoisotopic (exact) mass is 476 g/mol. The number of piperidine rings is 1. The molecule has 31 heavy (non-hydrogen) atoms. The number of halogens is 1. The number of amides is 1. The highest BCUT2D eigenvalue weighted by Gasteiger charge is 2.32. The molecule has 4 rings (SSSR count). The Morgan fingerprint density at radius 3 is 2.35 bits per heavy atom. The van der Waals surface area contributed by atoms with Crippen molar-refractivity contribution in [3.8, 4) is 10.6 Å². The van der Waals surface area contributed by atoms with Gasteiger partial charge in [0.05, 0.1) is 4.90 Å². The molecule has 0 spiro atoms. The Kier molecular flexibility index (Phi) is 6.38. The fourth-order valence-corrected chi connectivity index (χ4v) is 5.76. The van der Waals surface area contributed by atoms with E-state index in [1.54, 1.807) is 12.1 Å². The molecule has 7 nitrogen and oxygen atoms in total. The van der Waals surface area contributed by atoms with Gasteiger partial charge in [0.15, 0.2) is 0 Å². The molecular weight excluding hydrogens is 456 g/mol. The molecule has 0 aliphatic carbocycles. The van der Waals surface area contributed by atoms with Crippen molar-refractivity contribution in [3.63, 3.8) is 0 Å². The summed E-state index contributed by atoms with van der Waals surface area (Å²) in [7, 11) is -3.59. The molecular formula is C21H21ClN4O3S2. The van der Waals surface area contributed by atoms with Crippen LogP contribution in [0.2, 0.25) is 5.02 Å².